The maximum absolute atomic E-state index is 14.4. The van der Waals surface area contributed by atoms with Crippen molar-refractivity contribution in [2.45, 2.75) is 19.7 Å². The lowest BCUT2D eigenvalue weighted by Gasteiger charge is -2.28. The number of morpholine rings is 2. The van der Waals surface area contributed by atoms with Gasteiger partial charge in [-0.25, -0.2) is 0 Å². The number of nitrogens with zero attached hydrogens (tertiary/aromatic N) is 4. The second-order valence-corrected chi connectivity index (χ2v) is 11.7. The summed E-state index contributed by atoms with van der Waals surface area (Å²) in [5.41, 5.74) is 4.69. The molecular weight excluding hydrogens is 576 g/mol. The molecule has 2 saturated heterocycles. The van der Waals surface area contributed by atoms with E-state index in [1.54, 1.807) is 12.1 Å². The molecule has 4 aromatic rings. The van der Waals surface area contributed by atoms with E-state index in [2.05, 4.69) is 15.9 Å². The zero-order valence-corrected chi connectivity index (χ0v) is 25.7. The molecule has 0 amide bonds. The van der Waals surface area contributed by atoms with Crippen molar-refractivity contribution in [2.75, 3.05) is 71.6 Å². The van der Waals surface area contributed by atoms with Crippen LogP contribution in [0.25, 0.3) is 22.3 Å². The standard InChI is InChI=1S/C34H38N4O7/c1-35(2)28-9-5-26(6-10-28)33-34(44-23-24-3-7-29(8-4-24)38(40)41)31(39)30-20-25(21-36-11-15-42-16-12-36)19-27(32(30)45-33)22-37-13-17-43-18-14-37/h3-10,19-20H,11-18,21-23H2,1-2H3. The lowest BCUT2D eigenvalue weighted by Crippen LogP contribution is -2.36. The van der Waals surface area contributed by atoms with Crippen molar-refractivity contribution in [1.29, 1.82) is 0 Å². The van der Waals surface area contributed by atoms with Gasteiger partial charge in [0.2, 0.25) is 11.2 Å². The first kappa shape index (κ1) is 30.7. The maximum Gasteiger partial charge on any atom is 0.269 e. The number of ether oxygens (including phenoxy) is 3. The minimum absolute atomic E-state index is 0.00812. The Morgan fingerprint density at radius 2 is 1.47 bits per heavy atom. The molecule has 0 unspecified atom stereocenters. The molecule has 236 valence electrons. The number of rotatable bonds is 10. The summed E-state index contributed by atoms with van der Waals surface area (Å²) >= 11 is 0. The third kappa shape index (κ3) is 7.18. The average Bonchev–Trinajstić information content (AvgIpc) is 3.06. The van der Waals surface area contributed by atoms with Crippen molar-refractivity contribution < 1.29 is 23.6 Å². The highest BCUT2D eigenvalue weighted by Gasteiger charge is 2.23. The van der Waals surface area contributed by atoms with Crippen LogP contribution in [0.2, 0.25) is 0 Å². The van der Waals surface area contributed by atoms with Gasteiger partial charge >= 0.3 is 0 Å². The number of anilines is 1. The topological polar surface area (TPSA) is 111 Å². The maximum atomic E-state index is 14.4. The average molecular weight is 615 g/mol. The summed E-state index contributed by atoms with van der Waals surface area (Å²) in [5, 5.41) is 11.6. The highest BCUT2D eigenvalue weighted by atomic mass is 16.6. The molecule has 2 aliphatic heterocycles. The van der Waals surface area contributed by atoms with Gasteiger partial charge in [0.05, 0.1) is 36.7 Å². The normalized spacial score (nSPS) is 16.1. The summed E-state index contributed by atoms with van der Waals surface area (Å²) in [7, 11) is 3.94. The Labute approximate surface area is 261 Å². The first-order valence-corrected chi connectivity index (χ1v) is 15.2. The molecule has 3 heterocycles. The smallest absolute Gasteiger partial charge is 0.269 e. The predicted octanol–water partition coefficient (Wildman–Crippen LogP) is 4.68. The zero-order valence-electron chi connectivity index (χ0n) is 25.7. The molecule has 0 radical (unpaired) electrons. The van der Waals surface area contributed by atoms with E-state index in [0.717, 1.165) is 43.0 Å². The van der Waals surface area contributed by atoms with Crippen LogP contribution >= 0.6 is 0 Å². The summed E-state index contributed by atoms with van der Waals surface area (Å²) in [6, 6.07) is 18.0. The van der Waals surface area contributed by atoms with Crippen LogP contribution in [0.1, 0.15) is 16.7 Å². The zero-order chi connectivity index (χ0) is 31.3. The summed E-state index contributed by atoms with van der Waals surface area (Å²) in [4.78, 5) is 31.7. The molecule has 2 aliphatic rings. The van der Waals surface area contributed by atoms with Gasteiger partial charge in [-0.15, -0.1) is 0 Å². The van der Waals surface area contributed by atoms with Gasteiger partial charge in [0, 0.05) is 82.3 Å². The number of hydrogen-bond donors (Lipinski definition) is 0. The third-order valence-corrected chi connectivity index (χ3v) is 8.27. The fourth-order valence-electron chi connectivity index (χ4n) is 5.75. The van der Waals surface area contributed by atoms with E-state index in [4.69, 9.17) is 18.6 Å². The van der Waals surface area contributed by atoms with Gasteiger partial charge in [-0.1, -0.05) is 0 Å². The van der Waals surface area contributed by atoms with E-state index in [0.29, 0.717) is 67.4 Å². The third-order valence-electron chi connectivity index (χ3n) is 8.27. The Morgan fingerprint density at radius 1 is 0.844 bits per heavy atom. The first-order chi connectivity index (χ1) is 21.9. The van der Waals surface area contributed by atoms with Crippen LogP contribution in [0.5, 0.6) is 5.75 Å². The van der Waals surface area contributed by atoms with Crippen LogP contribution in [0, 0.1) is 10.1 Å². The van der Waals surface area contributed by atoms with Crippen LogP contribution < -0.4 is 15.1 Å². The minimum atomic E-state index is -0.443. The number of nitro benzene ring substituents is 1. The van der Waals surface area contributed by atoms with Crippen LogP contribution in [-0.4, -0.2) is 81.4 Å². The Hall–Kier alpha value is -4.29. The minimum Gasteiger partial charge on any atom is -0.481 e. The summed E-state index contributed by atoms with van der Waals surface area (Å²) in [6.07, 6.45) is 0. The van der Waals surface area contributed by atoms with Crippen molar-refractivity contribution >= 4 is 22.3 Å². The molecule has 3 aromatic carbocycles. The lowest BCUT2D eigenvalue weighted by molar-refractivity contribution is -0.384. The molecule has 0 spiro atoms. The highest BCUT2D eigenvalue weighted by Crippen LogP contribution is 2.35. The Bertz CT molecular complexity index is 1690. The van der Waals surface area contributed by atoms with Crippen LogP contribution in [0.15, 0.2) is 69.9 Å². The van der Waals surface area contributed by atoms with E-state index in [9.17, 15) is 14.9 Å². The molecule has 0 bridgehead atoms. The quantitative estimate of drug-likeness (QED) is 0.185. The molecule has 45 heavy (non-hydrogen) atoms. The summed E-state index contributed by atoms with van der Waals surface area (Å²) in [6.45, 7) is 7.34. The van der Waals surface area contributed by atoms with Crippen molar-refractivity contribution in [3.63, 3.8) is 0 Å². The second kappa shape index (κ2) is 13.8. The number of hydrogen-bond acceptors (Lipinski definition) is 10. The van der Waals surface area contributed by atoms with Crippen LogP contribution in [-0.2, 0) is 29.2 Å². The highest BCUT2D eigenvalue weighted by molar-refractivity contribution is 5.85. The van der Waals surface area contributed by atoms with Gasteiger partial charge < -0.3 is 23.5 Å². The number of nitro groups is 1. The van der Waals surface area contributed by atoms with Crippen LogP contribution in [0.3, 0.4) is 0 Å². The molecule has 0 N–H and O–H groups in total. The van der Waals surface area contributed by atoms with Crippen molar-refractivity contribution in [1.82, 2.24) is 9.80 Å². The van der Waals surface area contributed by atoms with E-state index in [1.807, 2.05) is 49.3 Å². The van der Waals surface area contributed by atoms with Gasteiger partial charge in [0.1, 0.15) is 12.2 Å². The molecule has 11 heteroatoms. The van der Waals surface area contributed by atoms with Gasteiger partial charge in [0.25, 0.3) is 5.69 Å². The molecule has 11 nitrogen and oxygen atoms in total. The molecule has 0 atom stereocenters. The largest absolute Gasteiger partial charge is 0.481 e. The Morgan fingerprint density at radius 3 is 2.07 bits per heavy atom. The Kier molecular flexibility index (Phi) is 9.41. The number of benzene rings is 3. The van der Waals surface area contributed by atoms with Gasteiger partial charge in [-0.05, 0) is 59.7 Å². The molecule has 2 fully saturated rings. The van der Waals surface area contributed by atoms with Gasteiger partial charge in [-0.2, -0.15) is 0 Å². The summed E-state index contributed by atoms with van der Waals surface area (Å²) < 4.78 is 24.1. The Balaban J connectivity index is 1.45. The van der Waals surface area contributed by atoms with E-state index < -0.39 is 4.92 Å². The van der Waals surface area contributed by atoms with E-state index in [1.165, 1.54) is 12.1 Å². The predicted molar refractivity (Wildman–Crippen MR) is 172 cm³/mol. The van der Waals surface area contributed by atoms with E-state index >= 15 is 0 Å². The van der Waals surface area contributed by atoms with Crippen LogP contribution in [0.4, 0.5) is 11.4 Å². The fourth-order valence-corrected chi connectivity index (χ4v) is 5.75. The van der Waals surface area contributed by atoms with Gasteiger partial charge in [-0.3, -0.25) is 24.7 Å². The fraction of sp³-hybridized carbons (Fsp3) is 0.382. The second-order valence-electron chi connectivity index (χ2n) is 11.7. The monoisotopic (exact) mass is 614 g/mol. The van der Waals surface area contributed by atoms with Crippen molar-refractivity contribution in [3.05, 3.63) is 97.7 Å². The van der Waals surface area contributed by atoms with E-state index in [-0.39, 0.29) is 23.5 Å². The molecule has 6 rings (SSSR count). The SMILES string of the molecule is CN(C)c1ccc(-c2oc3c(CN4CCOCC4)cc(CN4CCOCC4)cc3c(=O)c2OCc2ccc([N+](=O)[O-])cc2)cc1. The molecule has 0 aliphatic carbocycles. The van der Waals surface area contributed by atoms with Gasteiger partial charge in [0.15, 0.2) is 5.76 Å². The molecular formula is C34H38N4O7. The summed E-state index contributed by atoms with van der Waals surface area (Å²) in [5.74, 6) is 0.461. The molecule has 1 aromatic heterocycles. The first-order valence-electron chi connectivity index (χ1n) is 15.2. The molecule has 0 saturated carbocycles. The lowest BCUT2D eigenvalue weighted by atomic mass is 10.0. The van der Waals surface area contributed by atoms with Crippen molar-refractivity contribution in [3.8, 4) is 17.1 Å². The van der Waals surface area contributed by atoms with Crippen molar-refractivity contribution in [2.24, 2.45) is 0 Å². The number of non-ortho nitro benzene ring substituents is 1. The number of fused-ring (bicyclic) bond motifs is 1.